The lowest BCUT2D eigenvalue weighted by Crippen LogP contribution is -2.42. The molecule has 1 aromatic heterocycles. The number of carbonyl (C=O) groups is 1. The predicted molar refractivity (Wildman–Crippen MR) is 155 cm³/mol. The first kappa shape index (κ1) is 29.7. The molecule has 1 aromatic carbocycles. The van der Waals surface area contributed by atoms with Gasteiger partial charge in [0.2, 0.25) is 5.88 Å². The molecule has 0 spiro atoms. The van der Waals surface area contributed by atoms with Gasteiger partial charge in [0.1, 0.15) is 18.0 Å². The second-order valence-electron chi connectivity index (χ2n) is 9.74. The molecule has 0 amide bonds. The summed E-state index contributed by atoms with van der Waals surface area (Å²) in [5, 5.41) is 19.4. The number of anilines is 1. The highest BCUT2D eigenvalue weighted by molar-refractivity contribution is 6.08. The van der Waals surface area contributed by atoms with E-state index in [-0.39, 0.29) is 35.2 Å². The Bertz CT molecular complexity index is 1380. The van der Waals surface area contributed by atoms with Crippen molar-refractivity contribution in [2.45, 2.75) is 38.5 Å². The highest BCUT2D eigenvalue weighted by Crippen LogP contribution is 2.29. The molecular formula is C31H35FN4O5. The van der Waals surface area contributed by atoms with E-state index in [9.17, 15) is 14.3 Å². The second-order valence-corrected chi connectivity index (χ2v) is 9.74. The highest BCUT2D eigenvalue weighted by atomic mass is 19.1. The summed E-state index contributed by atoms with van der Waals surface area (Å²) in [6, 6.07) is 11.7. The molecule has 0 atom stereocenters. The first-order valence-electron chi connectivity index (χ1n) is 13.4. The molecule has 2 aliphatic rings. The van der Waals surface area contributed by atoms with Gasteiger partial charge in [0.15, 0.2) is 11.6 Å². The third kappa shape index (κ3) is 7.27. The van der Waals surface area contributed by atoms with Crippen molar-refractivity contribution in [1.29, 1.82) is 5.41 Å². The SMILES string of the molecule is C=C/C(=C(/OCc1ccc2c(c1)CCN(C1CCOCC1)C2)C(=C)F)c1cccc(N/C(OC)=C(\C=N)C(=O)O)n1. The maximum Gasteiger partial charge on any atom is 0.342 e. The van der Waals surface area contributed by atoms with Crippen LogP contribution in [0, 0.1) is 5.41 Å². The Morgan fingerprint density at radius 1 is 1.29 bits per heavy atom. The lowest BCUT2D eigenvalue weighted by Gasteiger charge is -2.37. The summed E-state index contributed by atoms with van der Waals surface area (Å²) in [5.41, 5.74) is 3.70. The molecule has 2 aromatic rings. The predicted octanol–water partition coefficient (Wildman–Crippen LogP) is 5.22. The molecule has 0 unspecified atom stereocenters. The van der Waals surface area contributed by atoms with Gasteiger partial charge in [0.05, 0.1) is 12.8 Å². The number of carboxylic acid groups (broad SMARTS) is 1. The third-order valence-corrected chi connectivity index (χ3v) is 7.19. The number of pyridine rings is 1. The first-order chi connectivity index (χ1) is 19.8. The zero-order valence-corrected chi connectivity index (χ0v) is 23.1. The van der Waals surface area contributed by atoms with E-state index in [2.05, 4.69) is 40.5 Å². The molecule has 0 radical (unpaired) electrons. The van der Waals surface area contributed by atoms with Gasteiger partial charge < -0.3 is 30.0 Å². The Balaban J connectivity index is 1.52. The van der Waals surface area contributed by atoms with E-state index in [1.54, 1.807) is 18.2 Å². The topological polar surface area (TPSA) is 117 Å². The Morgan fingerprint density at radius 3 is 2.73 bits per heavy atom. The van der Waals surface area contributed by atoms with Gasteiger partial charge in [-0.3, -0.25) is 4.90 Å². The van der Waals surface area contributed by atoms with E-state index in [1.807, 2.05) is 6.07 Å². The monoisotopic (exact) mass is 562 g/mol. The number of rotatable bonds is 12. The van der Waals surface area contributed by atoms with Gasteiger partial charge in [-0.05, 0) is 48.1 Å². The summed E-state index contributed by atoms with van der Waals surface area (Å²) in [6.07, 6.45) is 5.17. The number of methoxy groups -OCH3 is 1. The van der Waals surface area contributed by atoms with E-state index >= 15 is 0 Å². The Hall–Kier alpha value is -4.28. The van der Waals surface area contributed by atoms with E-state index < -0.39 is 11.8 Å². The van der Waals surface area contributed by atoms with E-state index in [4.69, 9.17) is 19.6 Å². The minimum absolute atomic E-state index is 0.0960. The van der Waals surface area contributed by atoms with Crippen LogP contribution in [-0.2, 0) is 38.6 Å². The van der Waals surface area contributed by atoms with Gasteiger partial charge in [-0.25, -0.2) is 14.2 Å². The van der Waals surface area contributed by atoms with Crippen LogP contribution in [0.25, 0.3) is 5.57 Å². The number of hydrogen-bond acceptors (Lipinski definition) is 8. The molecule has 0 aliphatic carbocycles. The average molecular weight is 563 g/mol. The van der Waals surface area contributed by atoms with Crippen LogP contribution in [0.2, 0.25) is 0 Å². The number of nitrogens with zero attached hydrogens (tertiary/aromatic N) is 2. The van der Waals surface area contributed by atoms with Crippen LogP contribution < -0.4 is 5.32 Å². The highest BCUT2D eigenvalue weighted by Gasteiger charge is 2.25. The summed E-state index contributed by atoms with van der Waals surface area (Å²) >= 11 is 0. The van der Waals surface area contributed by atoms with Crippen molar-refractivity contribution >= 4 is 23.6 Å². The molecule has 3 N–H and O–H groups in total. The van der Waals surface area contributed by atoms with Gasteiger partial charge in [-0.2, -0.15) is 0 Å². The molecule has 0 saturated carbocycles. The summed E-state index contributed by atoms with van der Waals surface area (Å²) < 4.78 is 31.2. The van der Waals surface area contributed by atoms with Crippen molar-refractivity contribution < 1.29 is 28.5 Å². The zero-order chi connectivity index (χ0) is 29.4. The average Bonchev–Trinajstić information content (AvgIpc) is 2.99. The fourth-order valence-corrected chi connectivity index (χ4v) is 5.07. The van der Waals surface area contributed by atoms with Gasteiger partial charge in [-0.1, -0.05) is 43.5 Å². The van der Waals surface area contributed by atoms with Crippen molar-refractivity contribution in [3.63, 3.8) is 0 Å². The van der Waals surface area contributed by atoms with Crippen molar-refractivity contribution in [1.82, 2.24) is 9.88 Å². The normalized spacial score (nSPS) is 16.9. The molecule has 1 fully saturated rings. The Morgan fingerprint density at radius 2 is 2.07 bits per heavy atom. The smallest absolute Gasteiger partial charge is 0.342 e. The summed E-state index contributed by atoms with van der Waals surface area (Å²) in [5.74, 6) is -2.17. The minimum Gasteiger partial charge on any atom is -0.485 e. The molecule has 41 heavy (non-hydrogen) atoms. The van der Waals surface area contributed by atoms with Crippen molar-refractivity contribution in [3.8, 4) is 0 Å². The number of ether oxygens (including phenoxy) is 3. The maximum absolute atomic E-state index is 14.7. The van der Waals surface area contributed by atoms with Crippen molar-refractivity contribution in [2.75, 3.05) is 32.2 Å². The molecule has 1 saturated heterocycles. The molecule has 0 bridgehead atoms. The minimum atomic E-state index is -1.34. The third-order valence-electron chi connectivity index (χ3n) is 7.19. The quantitative estimate of drug-likeness (QED) is 0.140. The number of aliphatic carboxylic acids is 1. The van der Waals surface area contributed by atoms with Gasteiger partial charge in [0.25, 0.3) is 0 Å². The summed E-state index contributed by atoms with van der Waals surface area (Å²) in [4.78, 5) is 18.4. The summed E-state index contributed by atoms with van der Waals surface area (Å²) in [6.45, 7) is 10.9. The summed E-state index contributed by atoms with van der Waals surface area (Å²) in [7, 11) is 1.27. The lowest BCUT2D eigenvalue weighted by atomic mass is 9.95. The number of carboxylic acids is 1. The number of allylic oxidation sites excluding steroid dienone is 3. The van der Waals surface area contributed by atoms with Gasteiger partial charge in [0, 0.05) is 44.1 Å². The van der Waals surface area contributed by atoms with Crippen LogP contribution in [-0.4, -0.2) is 60.1 Å². The van der Waals surface area contributed by atoms with Crippen LogP contribution in [0.5, 0.6) is 0 Å². The Labute approximate surface area is 239 Å². The number of nitrogens with one attached hydrogen (secondary N) is 2. The maximum atomic E-state index is 14.7. The molecule has 2 aliphatic heterocycles. The first-order valence-corrected chi connectivity index (χ1v) is 13.4. The molecule has 216 valence electrons. The molecule has 10 heteroatoms. The zero-order valence-electron chi connectivity index (χ0n) is 23.1. The van der Waals surface area contributed by atoms with Crippen LogP contribution in [0.3, 0.4) is 0 Å². The second kappa shape index (κ2) is 13.9. The standard InChI is InChI=1S/C31H35FN4O5/c1-4-25(27-6-5-7-28(34-27)35-30(39-3)26(17-33)31(37)38)29(20(2)32)41-19-21-8-9-23-18-36(13-10-22(23)16-21)24-11-14-40-15-12-24/h4-9,16-17,24,33H,1-2,10-15,18-19H2,3H3,(H,34,35)(H,37,38)/b29-25-,30-26-,33-17?. The van der Waals surface area contributed by atoms with Crippen LogP contribution in [0.1, 0.15) is 35.2 Å². The van der Waals surface area contributed by atoms with Gasteiger partial charge in [-0.15, -0.1) is 0 Å². The number of fused-ring (bicyclic) bond motifs is 1. The van der Waals surface area contributed by atoms with Crippen LogP contribution in [0.4, 0.5) is 10.2 Å². The van der Waals surface area contributed by atoms with E-state index in [1.165, 1.54) is 24.3 Å². The largest absolute Gasteiger partial charge is 0.485 e. The van der Waals surface area contributed by atoms with E-state index in [0.29, 0.717) is 18.0 Å². The molecular weight excluding hydrogens is 527 g/mol. The molecule has 9 nitrogen and oxygen atoms in total. The van der Waals surface area contributed by atoms with Crippen molar-refractivity contribution in [3.05, 3.63) is 101 Å². The molecule has 3 heterocycles. The number of halogens is 1. The number of aromatic nitrogens is 1. The lowest BCUT2D eigenvalue weighted by molar-refractivity contribution is -0.132. The van der Waals surface area contributed by atoms with Crippen LogP contribution in [0.15, 0.2) is 78.7 Å². The molecule has 4 rings (SSSR count). The van der Waals surface area contributed by atoms with E-state index in [0.717, 1.165) is 51.1 Å². The fourth-order valence-electron chi connectivity index (χ4n) is 5.07. The van der Waals surface area contributed by atoms with Crippen LogP contribution >= 0.6 is 0 Å². The number of benzene rings is 1. The number of hydrogen-bond donors (Lipinski definition) is 3. The van der Waals surface area contributed by atoms with Gasteiger partial charge >= 0.3 is 5.97 Å². The van der Waals surface area contributed by atoms with Crippen molar-refractivity contribution in [2.24, 2.45) is 0 Å². The Kier molecular flexibility index (Phi) is 10.0. The fraction of sp³-hybridized carbons (Fsp3) is 0.323.